The van der Waals surface area contributed by atoms with Crippen molar-refractivity contribution in [2.45, 2.75) is 38.0 Å². The van der Waals surface area contributed by atoms with Gasteiger partial charge in [0.1, 0.15) is 35.7 Å². The molecule has 3 aromatic rings. The van der Waals surface area contributed by atoms with E-state index in [2.05, 4.69) is 28.4 Å². The number of Topliss-reactive ketones (excluding diaryl/α,β-unsaturated/α-hetero) is 1. The Labute approximate surface area is 218 Å². The molecule has 0 unspecified atom stereocenters. The van der Waals surface area contributed by atoms with Crippen LogP contribution in [0.4, 0.5) is 14.9 Å². The van der Waals surface area contributed by atoms with Gasteiger partial charge in [0.2, 0.25) is 0 Å². The third-order valence-corrected chi connectivity index (χ3v) is 5.77. The number of nitrogens with zero attached hydrogens (tertiary/aromatic N) is 2. The molecule has 0 spiro atoms. The van der Waals surface area contributed by atoms with Crippen molar-refractivity contribution in [2.24, 2.45) is 5.18 Å². The maximum atomic E-state index is 13.8. The summed E-state index contributed by atoms with van der Waals surface area (Å²) in [6, 6.07) is 13.8. The van der Waals surface area contributed by atoms with E-state index in [1.165, 1.54) is 24.4 Å². The van der Waals surface area contributed by atoms with E-state index < -0.39 is 24.1 Å². The molecule has 2 aromatic carbocycles. The third-order valence-electron chi connectivity index (χ3n) is 5.54. The van der Waals surface area contributed by atoms with Crippen LogP contribution in [0.2, 0.25) is 0 Å². The number of aromatic nitrogens is 1. The quantitative estimate of drug-likeness (QED) is 0.173. The number of thiol groups is 1. The molecule has 0 saturated heterocycles. The van der Waals surface area contributed by atoms with Gasteiger partial charge in [-0.2, -0.15) is 0 Å². The summed E-state index contributed by atoms with van der Waals surface area (Å²) >= 11 is 3.92. The molecule has 0 radical (unpaired) electrons. The molecule has 2 atom stereocenters. The Kier molecular flexibility index (Phi) is 10.5. The molecule has 11 heteroatoms. The zero-order valence-electron chi connectivity index (χ0n) is 20.0. The zero-order valence-corrected chi connectivity index (χ0v) is 20.9. The molecule has 9 nitrogen and oxygen atoms in total. The first kappa shape index (κ1) is 27.8. The van der Waals surface area contributed by atoms with Gasteiger partial charge in [-0.25, -0.2) is 9.18 Å². The van der Waals surface area contributed by atoms with E-state index >= 15 is 0 Å². The summed E-state index contributed by atoms with van der Waals surface area (Å²) in [6.07, 6.45) is 1.14. The molecule has 0 aliphatic heterocycles. The Morgan fingerprint density at radius 3 is 2.41 bits per heavy atom. The number of nitrogens with one attached hydrogen (secondary N) is 1. The lowest BCUT2D eigenvalue weighted by atomic mass is 9.96. The van der Waals surface area contributed by atoms with Gasteiger partial charge in [-0.15, -0.1) is 4.91 Å². The van der Waals surface area contributed by atoms with Crippen molar-refractivity contribution in [3.05, 3.63) is 94.4 Å². The number of alkyl carbamates (subject to hydrolysis) is 1. The number of nitroso groups, excluding NO2 is 1. The second-order valence-electron chi connectivity index (χ2n) is 8.15. The van der Waals surface area contributed by atoms with Gasteiger partial charge >= 0.3 is 6.09 Å². The first-order valence-corrected chi connectivity index (χ1v) is 11.7. The van der Waals surface area contributed by atoms with Crippen LogP contribution in [0.5, 0.6) is 5.75 Å². The monoisotopic (exact) mass is 527 g/mol. The normalized spacial score (nSPS) is 12.3. The van der Waals surface area contributed by atoms with Crippen molar-refractivity contribution in [2.75, 3.05) is 7.11 Å². The SMILES string of the molecule is COc1ccc(COC(=O)N[C@H](CCC(=O)Cc2ccc(N=O)cc2)[C@H](OS)c2cncc(F)c2)cc1. The molecule has 194 valence electrons. The highest BCUT2D eigenvalue weighted by Gasteiger charge is 2.27. The lowest BCUT2D eigenvalue weighted by Gasteiger charge is -2.26. The molecule has 37 heavy (non-hydrogen) atoms. The minimum absolute atomic E-state index is 0.00103. The molecule has 0 aliphatic carbocycles. The number of amides is 1. The maximum Gasteiger partial charge on any atom is 0.407 e. The Bertz CT molecular complexity index is 1190. The van der Waals surface area contributed by atoms with Crippen molar-refractivity contribution >= 4 is 30.5 Å². The minimum atomic E-state index is -0.911. The van der Waals surface area contributed by atoms with Crippen LogP contribution >= 0.6 is 12.9 Å². The van der Waals surface area contributed by atoms with Gasteiger partial charge in [0.05, 0.1) is 19.3 Å². The summed E-state index contributed by atoms with van der Waals surface area (Å²) in [6.45, 7) is 0.00103. The number of hydrogen-bond acceptors (Lipinski definition) is 9. The van der Waals surface area contributed by atoms with Crippen LogP contribution in [-0.4, -0.2) is 30.0 Å². The highest BCUT2D eigenvalue weighted by Crippen LogP contribution is 2.26. The van der Waals surface area contributed by atoms with Gasteiger partial charge in [0, 0.05) is 24.6 Å². The number of rotatable bonds is 13. The second-order valence-corrected chi connectivity index (χ2v) is 8.36. The summed E-state index contributed by atoms with van der Waals surface area (Å²) in [5.74, 6) is -0.0229. The standard InChI is InChI=1S/C26H26FN3O6S/c1-34-23-9-4-18(5-10-23)16-35-26(32)29-24(25(36-37)19-13-20(27)15-28-14-19)11-8-22(31)12-17-2-6-21(30-33)7-3-17/h2-7,9-10,13-15,24-25,37H,8,11-12,16H2,1H3,(H,29,32)/t24-,25-/m1/s1. The lowest BCUT2D eigenvalue weighted by Crippen LogP contribution is -2.40. The molecule has 0 bridgehead atoms. The smallest absolute Gasteiger partial charge is 0.407 e. The van der Waals surface area contributed by atoms with Crippen LogP contribution < -0.4 is 10.1 Å². The number of carbonyl (C=O) groups is 2. The number of methoxy groups -OCH3 is 1. The number of pyridine rings is 1. The zero-order chi connectivity index (χ0) is 26.6. The Morgan fingerprint density at radius 2 is 1.78 bits per heavy atom. The molecular weight excluding hydrogens is 501 g/mol. The van der Waals surface area contributed by atoms with Crippen LogP contribution in [0.25, 0.3) is 0 Å². The van der Waals surface area contributed by atoms with Gasteiger partial charge in [-0.05, 0) is 66.0 Å². The van der Waals surface area contributed by atoms with Crippen LogP contribution in [-0.2, 0) is 26.7 Å². The number of carbonyl (C=O) groups excluding carboxylic acids is 2. The summed E-state index contributed by atoms with van der Waals surface area (Å²) in [4.78, 5) is 39.7. The van der Waals surface area contributed by atoms with E-state index in [4.69, 9.17) is 13.7 Å². The summed E-state index contributed by atoms with van der Waals surface area (Å²) in [5, 5.41) is 5.54. The number of hydrogen-bond donors (Lipinski definition) is 2. The summed E-state index contributed by atoms with van der Waals surface area (Å²) < 4.78 is 29.5. The molecule has 1 aromatic heterocycles. The lowest BCUT2D eigenvalue weighted by molar-refractivity contribution is -0.118. The third kappa shape index (κ3) is 8.65. The fraction of sp³-hybridized carbons (Fsp3) is 0.269. The number of ketones is 1. The average molecular weight is 528 g/mol. The second kappa shape index (κ2) is 14.0. The van der Waals surface area contributed by atoms with Gasteiger partial charge < -0.3 is 19.0 Å². The van der Waals surface area contributed by atoms with E-state index in [9.17, 15) is 18.9 Å². The van der Waals surface area contributed by atoms with Crippen LogP contribution in [0.1, 0.15) is 35.6 Å². The van der Waals surface area contributed by atoms with E-state index in [1.54, 1.807) is 43.5 Å². The van der Waals surface area contributed by atoms with E-state index in [-0.39, 0.29) is 37.3 Å². The van der Waals surface area contributed by atoms with E-state index in [1.807, 2.05) is 0 Å². The van der Waals surface area contributed by atoms with Crippen LogP contribution in [0.3, 0.4) is 0 Å². The van der Waals surface area contributed by atoms with Gasteiger partial charge in [0.25, 0.3) is 0 Å². The first-order valence-electron chi connectivity index (χ1n) is 11.3. The highest BCUT2D eigenvalue weighted by molar-refractivity contribution is 7.75. The van der Waals surface area contributed by atoms with E-state index in [0.29, 0.717) is 11.3 Å². The van der Waals surface area contributed by atoms with Crippen molar-refractivity contribution in [3.63, 3.8) is 0 Å². The van der Waals surface area contributed by atoms with Crippen molar-refractivity contribution in [3.8, 4) is 5.75 Å². The Balaban J connectivity index is 1.66. The predicted octanol–water partition coefficient (Wildman–Crippen LogP) is 5.42. The summed E-state index contributed by atoms with van der Waals surface area (Å²) in [7, 11) is 1.55. The molecule has 1 amide bonds. The number of ether oxygens (including phenoxy) is 2. The molecule has 3 rings (SSSR count). The first-order chi connectivity index (χ1) is 17.9. The molecular formula is C26H26FN3O6S. The van der Waals surface area contributed by atoms with Crippen molar-refractivity contribution < 1.29 is 27.6 Å². The topological polar surface area (TPSA) is 116 Å². The van der Waals surface area contributed by atoms with E-state index in [0.717, 1.165) is 17.3 Å². The number of benzene rings is 2. The van der Waals surface area contributed by atoms with Crippen molar-refractivity contribution in [1.29, 1.82) is 0 Å². The highest BCUT2D eigenvalue weighted by atomic mass is 32.1. The van der Waals surface area contributed by atoms with Gasteiger partial charge in [0.15, 0.2) is 0 Å². The molecule has 0 saturated carbocycles. The fourth-order valence-electron chi connectivity index (χ4n) is 3.62. The Hall–Kier alpha value is -3.83. The van der Waals surface area contributed by atoms with Crippen LogP contribution in [0, 0.1) is 10.7 Å². The minimum Gasteiger partial charge on any atom is -0.497 e. The largest absolute Gasteiger partial charge is 0.497 e. The van der Waals surface area contributed by atoms with Crippen molar-refractivity contribution in [1.82, 2.24) is 10.3 Å². The number of halogens is 1. The molecule has 1 heterocycles. The summed E-state index contributed by atoms with van der Waals surface area (Å²) in [5.41, 5.74) is 2.07. The average Bonchev–Trinajstić information content (AvgIpc) is 2.91. The fourth-order valence-corrected chi connectivity index (χ4v) is 3.89. The molecule has 0 aliphatic rings. The molecule has 0 fully saturated rings. The maximum absolute atomic E-state index is 13.8. The van der Waals surface area contributed by atoms with Gasteiger partial charge in [-0.3, -0.25) is 9.78 Å². The Morgan fingerprint density at radius 1 is 1.08 bits per heavy atom. The predicted molar refractivity (Wildman–Crippen MR) is 137 cm³/mol. The van der Waals surface area contributed by atoms with Gasteiger partial charge in [-0.1, -0.05) is 24.3 Å². The van der Waals surface area contributed by atoms with Crippen LogP contribution in [0.15, 0.2) is 72.2 Å². The molecule has 1 N–H and O–H groups in total.